The zero-order chi connectivity index (χ0) is 29.2. The van der Waals surface area contributed by atoms with E-state index < -0.39 is 44.5 Å². The van der Waals surface area contributed by atoms with Gasteiger partial charge in [0.25, 0.3) is 5.91 Å². The van der Waals surface area contributed by atoms with Crippen LogP contribution in [0, 0.1) is 12.8 Å². The van der Waals surface area contributed by atoms with E-state index in [0.717, 1.165) is 30.2 Å². The number of hydrogen-bond acceptors (Lipinski definition) is 7. The summed E-state index contributed by atoms with van der Waals surface area (Å²) in [6, 6.07) is 11.5. The molecule has 0 saturated carbocycles. The van der Waals surface area contributed by atoms with E-state index in [2.05, 4.69) is 15.9 Å². The fourth-order valence-corrected chi connectivity index (χ4v) is 6.74. The molecule has 1 fully saturated rings. The largest absolute Gasteiger partial charge is 0.364 e. The van der Waals surface area contributed by atoms with Gasteiger partial charge < -0.3 is 9.72 Å². The van der Waals surface area contributed by atoms with E-state index in [1.54, 1.807) is 6.20 Å². The van der Waals surface area contributed by atoms with Gasteiger partial charge in [-0.15, -0.1) is 0 Å². The quantitative estimate of drug-likeness (QED) is 0.153. The lowest BCUT2D eigenvalue weighted by atomic mass is 9.78. The van der Waals surface area contributed by atoms with Gasteiger partial charge in [-0.2, -0.15) is 0 Å². The van der Waals surface area contributed by atoms with E-state index >= 15 is 0 Å². The maximum atomic E-state index is 13.8. The van der Waals surface area contributed by atoms with Crippen molar-refractivity contribution in [3.8, 4) is 0 Å². The molecule has 1 aromatic heterocycles. The minimum Gasteiger partial charge on any atom is -0.364 e. The number of hydroxylamine groups is 1. The molecule has 2 aromatic rings. The molecule has 4 atom stereocenters. The average Bonchev–Trinajstić information content (AvgIpc) is 3.38. The van der Waals surface area contributed by atoms with Gasteiger partial charge in [0.05, 0.1) is 5.92 Å². The Balaban J connectivity index is 2.03. The highest BCUT2D eigenvalue weighted by atomic mass is 32.2. The number of H-pyrrole nitrogens is 1. The minimum absolute atomic E-state index is 0.0473. The number of nitrogens with one attached hydrogen (secondary N) is 3. The van der Waals surface area contributed by atoms with Crippen molar-refractivity contribution in [2.45, 2.75) is 75.7 Å². The lowest BCUT2D eigenvalue weighted by Gasteiger charge is -2.35. The highest BCUT2D eigenvalue weighted by molar-refractivity contribution is 7.92. The van der Waals surface area contributed by atoms with Crippen LogP contribution in [-0.4, -0.2) is 49.1 Å². The van der Waals surface area contributed by atoms with Gasteiger partial charge in [-0.05, 0) is 56.2 Å². The third-order valence-corrected chi connectivity index (χ3v) is 9.43. The molecule has 0 spiro atoms. The summed E-state index contributed by atoms with van der Waals surface area (Å²) in [6.07, 6.45) is 9.15. The van der Waals surface area contributed by atoms with Crippen LogP contribution in [-0.2, 0) is 29.0 Å². The van der Waals surface area contributed by atoms with Crippen molar-refractivity contribution >= 4 is 27.7 Å². The smallest absolute Gasteiger partial charge is 0.255 e. The molecule has 10 nitrogen and oxygen atoms in total. The van der Waals surface area contributed by atoms with Crippen LogP contribution in [0.3, 0.4) is 0 Å². The Morgan fingerprint density at radius 2 is 2.02 bits per heavy atom. The molecule has 40 heavy (non-hydrogen) atoms. The molecular weight excluding hydrogens is 532 g/mol. The third kappa shape index (κ3) is 8.03. The van der Waals surface area contributed by atoms with E-state index in [0.29, 0.717) is 25.1 Å². The molecule has 1 aliphatic rings. The van der Waals surface area contributed by atoms with Gasteiger partial charge in [-0.25, -0.2) is 24.6 Å². The van der Waals surface area contributed by atoms with E-state index in [4.69, 9.17) is 15.4 Å². The number of hydrogen-bond donors (Lipinski definition) is 4. The average molecular weight is 575 g/mol. The Hall–Kier alpha value is -2.99. The van der Waals surface area contributed by atoms with Gasteiger partial charge in [-0.3, -0.25) is 15.0 Å². The maximum absolute atomic E-state index is 13.8. The summed E-state index contributed by atoms with van der Waals surface area (Å²) in [5.74, 6) is 2.81. The number of nitrogens with two attached hydrogens (primary N) is 1. The first-order chi connectivity index (χ1) is 19.1. The number of aryl methyl sites for hydroxylation is 1. The van der Waals surface area contributed by atoms with E-state index in [1.807, 2.05) is 62.4 Å². The summed E-state index contributed by atoms with van der Waals surface area (Å²) in [6.45, 7) is 4.26. The Bertz CT molecular complexity index is 1240. The number of rotatable bonds is 14. The molecule has 1 saturated heterocycles. The van der Waals surface area contributed by atoms with Crippen LogP contribution in [0.2, 0.25) is 0 Å². The number of allylic oxidation sites excluding steroid dienone is 1. The van der Waals surface area contributed by atoms with Crippen LogP contribution < -0.4 is 16.7 Å². The number of benzene rings is 1. The molecule has 1 aliphatic heterocycles. The van der Waals surface area contributed by atoms with Crippen molar-refractivity contribution in [2.24, 2.45) is 11.8 Å². The minimum atomic E-state index is -3.96. The summed E-state index contributed by atoms with van der Waals surface area (Å²) < 4.78 is 30.3. The van der Waals surface area contributed by atoms with Gasteiger partial charge in [0.2, 0.25) is 5.91 Å². The van der Waals surface area contributed by atoms with Crippen LogP contribution in [0.4, 0.5) is 0 Å². The van der Waals surface area contributed by atoms with Gasteiger partial charge in [0.15, 0.2) is 20.9 Å². The predicted octanol–water partition coefficient (Wildman–Crippen LogP) is 3.66. The number of sulfone groups is 1. The number of amides is 2. The fraction of sp³-hybridized carbons (Fsp3) is 0.517. The highest BCUT2D eigenvalue weighted by Crippen LogP contribution is 2.40. The fourth-order valence-electron chi connectivity index (χ4n) is 5.29. The highest BCUT2D eigenvalue weighted by Gasteiger charge is 2.50. The molecule has 0 bridgehead atoms. The lowest BCUT2D eigenvalue weighted by molar-refractivity contribution is -0.202. The Morgan fingerprint density at radius 3 is 2.60 bits per heavy atom. The predicted molar refractivity (Wildman–Crippen MR) is 154 cm³/mol. The second kappa shape index (κ2) is 14.6. The first-order valence-electron chi connectivity index (χ1n) is 13.8. The van der Waals surface area contributed by atoms with Gasteiger partial charge in [0.1, 0.15) is 0 Å². The van der Waals surface area contributed by atoms with Crippen molar-refractivity contribution in [2.75, 3.05) is 12.9 Å². The Labute approximate surface area is 236 Å². The standard InChI is InChI=1S/C29H42N4O6S/c1-4-16-29(28(35)32-30,40(3,36)37)19-24(25-18-21(2)20-31-25)23(14-10-13-22-11-6-5-7-12-22)27(34)33-39-26-15-8-9-17-38-26/h5-7,10-13,18,20,23-24,26,31H,4,8-9,14-17,19,30H2,1-3H3,(H,32,35)(H,33,34)/b13-10+/t23-,24+,26?,29?/m0/s1. The molecule has 0 radical (unpaired) electrons. The third-order valence-electron chi connectivity index (χ3n) is 7.46. The SMILES string of the molecule is CCCC(C[C@@H](c1cc(C)c[nH]1)[C@H](C/C=C/c1ccccc1)C(=O)NOC1CCCCO1)(C(=O)NN)S(C)(=O)=O. The first kappa shape index (κ1) is 31.5. The zero-order valence-corrected chi connectivity index (χ0v) is 24.3. The van der Waals surface area contributed by atoms with Crippen LogP contribution in [0.25, 0.3) is 6.08 Å². The Kier molecular flexibility index (Phi) is 11.5. The molecule has 5 N–H and O–H groups in total. The molecule has 2 heterocycles. The second-order valence-electron chi connectivity index (χ2n) is 10.5. The number of hydrazine groups is 1. The number of aromatic nitrogens is 1. The molecule has 1 aromatic carbocycles. The van der Waals surface area contributed by atoms with Crippen LogP contribution in [0.15, 0.2) is 48.7 Å². The number of carbonyl (C=O) groups excluding carboxylic acids is 2. The summed E-state index contributed by atoms with van der Waals surface area (Å²) in [5, 5.41) is 0. The lowest BCUT2D eigenvalue weighted by Crippen LogP contribution is -2.55. The summed E-state index contributed by atoms with van der Waals surface area (Å²) >= 11 is 0. The first-order valence-corrected chi connectivity index (χ1v) is 15.6. The van der Waals surface area contributed by atoms with Gasteiger partial charge in [-0.1, -0.05) is 55.8 Å². The van der Waals surface area contributed by atoms with E-state index in [1.165, 1.54) is 0 Å². The van der Waals surface area contributed by atoms with E-state index in [9.17, 15) is 18.0 Å². The van der Waals surface area contributed by atoms with Gasteiger partial charge >= 0.3 is 0 Å². The second-order valence-corrected chi connectivity index (χ2v) is 12.8. The number of ether oxygens (including phenoxy) is 1. The van der Waals surface area contributed by atoms with Gasteiger partial charge in [0, 0.05) is 37.1 Å². The molecule has 2 unspecified atom stereocenters. The Morgan fingerprint density at radius 1 is 1.27 bits per heavy atom. The van der Waals surface area contributed by atoms with Crippen LogP contribution in [0.1, 0.15) is 74.6 Å². The normalized spacial score (nSPS) is 19.1. The van der Waals surface area contributed by atoms with Crippen molar-refractivity contribution in [1.29, 1.82) is 0 Å². The maximum Gasteiger partial charge on any atom is 0.255 e. The molecule has 2 amide bonds. The molecule has 220 valence electrons. The molecule has 3 rings (SSSR count). The summed E-state index contributed by atoms with van der Waals surface area (Å²) in [5.41, 5.74) is 7.16. The summed E-state index contributed by atoms with van der Waals surface area (Å²) in [7, 11) is -3.96. The van der Waals surface area contributed by atoms with Crippen LogP contribution >= 0.6 is 0 Å². The molecule has 11 heteroatoms. The topological polar surface area (TPSA) is 153 Å². The van der Waals surface area contributed by atoms with Crippen molar-refractivity contribution in [1.82, 2.24) is 15.9 Å². The zero-order valence-electron chi connectivity index (χ0n) is 23.5. The van der Waals surface area contributed by atoms with Crippen molar-refractivity contribution < 1.29 is 27.6 Å². The molecule has 0 aliphatic carbocycles. The number of carbonyl (C=O) groups is 2. The van der Waals surface area contributed by atoms with E-state index in [-0.39, 0.29) is 19.3 Å². The number of aromatic amines is 1. The summed E-state index contributed by atoms with van der Waals surface area (Å²) in [4.78, 5) is 35.8. The molecular formula is C29H42N4O6S. The van der Waals surface area contributed by atoms with Crippen molar-refractivity contribution in [3.05, 3.63) is 65.5 Å². The van der Waals surface area contributed by atoms with Crippen molar-refractivity contribution in [3.63, 3.8) is 0 Å². The monoisotopic (exact) mass is 574 g/mol. The van der Waals surface area contributed by atoms with Crippen LogP contribution in [0.5, 0.6) is 0 Å².